The van der Waals surface area contributed by atoms with E-state index >= 15 is 0 Å². The van der Waals surface area contributed by atoms with Gasteiger partial charge in [0.2, 0.25) is 0 Å². The van der Waals surface area contributed by atoms with Crippen LogP contribution in [0, 0.1) is 0 Å². The lowest BCUT2D eigenvalue weighted by Crippen LogP contribution is -2.37. The van der Waals surface area contributed by atoms with Gasteiger partial charge in [0, 0.05) is 13.1 Å². The fourth-order valence-electron chi connectivity index (χ4n) is 2.56. The minimum Gasteiger partial charge on any atom is -0.492 e. The molecule has 5 nitrogen and oxygen atoms in total. The molecule has 0 fully saturated rings. The number of ether oxygens (including phenoxy) is 1. The summed E-state index contributed by atoms with van der Waals surface area (Å²) < 4.78 is 5.54. The van der Waals surface area contributed by atoms with Crippen molar-refractivity contribution in [3.8, 4) is 5.75 Å². The minimum atomic E-state index is -0.186. The van der Waals surface area contributed by atoms with E-state index in [1.165, 1.54) is 5.56 Å². The molecule has 2 rings (SSSR count). The Morgan fingerprint density at radius 1 is 0.923 bits per heavy atom. The van der Waals surface area contributed by atoms with Gasteiger partial charge in [-0.1, -0.05) is 56.3 Å². The smallest absolute Gasteiger partial charge is 0.315 e. The van der Waals surface area contributed by atoms with Crippen LogP contribution in [0.3, 0.4) is 0 Å². The van der Waals surface area contributed by atoms with Crippen molar-refractivity contribution in [2.45, 2.75) is 26.9 Å². The van der Waals surface area contributed by atoms with E-state index in [0.717, 1.165) is 30.9 Å². The Bertz CT molecular complexity index is 640. The topological polar surface area (TPSA) is 53.6 Å². The predicted molar refractivity (Wildman–Crippen MR) is 105 cm³/mol. The van der Waals surface area contributed by atoms with Crippen molar-refractivity contribution in [1.82, 2.24) is 15.5 Å². The highest BCUT2D eigenvalue weighted by Gasteiger charge is 2.03. The van der Waals surface area contributed by atoms with E-state index in [1.54, 1.807) is 0 Å². The van der Waals surface area contributed by atoms with Crippen LogP contribution in [0.2, 0.25) is 0 Å². The molecule has 0 aliphatic heterocycles. The predicted octanol–water partition coefficient (Wildman–Crippen LogP) is 3.41. The first-order chi connectivity index (χ1) is 12.7. The van der Waals surface area contributed by atoms with Crippen molar-refractivity contribution >= 4 is 6.03 Å². The van der Waals surface area contributed by atoms with E-state index in [9.17, 15) is 4.79 Å². The van der Waals surface area contributed by atoms with Gasteiger partial charge in [-0.05, 0) is 36.3 Å². The molecular weight excluding hydrogens is 326 g/mol. The van der Waals surface area contributed by atoms with Crippen molar-refractivity contribution in [3.63, 3.8) is 0 Å². The molecule has 0 radical (unpaired) electrons. The Labute approximate surface area is 156 Å². The van der Waals surface area contributed by atoms with Gasteiger partial charge in [-0.2, -0.15) is 0 Å². The van der Waals surface area contributed by atoms with Gasteiger partial charge in [0.05, 0.1) is 6.54 Å². The molecule has 0 atom stereocenters. The van der Waals surface area contributed by atoms with Gasteiger partial charge >= 0.3 is 6.03 Å². The Balaban J connectivity index is 1.64. The monoisotopic (exact) mass is 355 g/mol. The Hall–Kier alpha value is -2.53. The molecule has 0 bridgehead atoms. The molecule has 0 aliphatic carbocycles. The molecule has 2 aromatic carbocycles. The van der Waals surface area contributed by atoms with Crippen LogP contribution in [0.25, 0.3) is 0 Å². The number of carbonyl (C=O) groups excluding carboxylic acids is 1. The number of benzene rings is 2. The summed E-state index contributed by atoms with van der Waals surface area (Å²) in [4.78, 5) is 14.2. The third-order valence-electron chi connectivity index (χ3n) is 4.18. The van der Waals surface area contributed by atoms with Gasteiger partial charge in [-0.25, -0.2) is 4.79 Å². The van der Waals surface area contributed by atoms with E-state index in [4.69, 9.17) is 4.74 Å². The number of carbonyl (C=O) groups is 1. The fraction of sp³-hybridized carbons (Fsp3) is 0.381. The Morgan fingerprint density at radius 2 is 1.58 bits per heavy atom. The summed E-state index contributed by atoms with van der Waals surface area (Å²) in [7, 11) is 0. The summed E-state index contributed by atoms with van der Waals surface area (Å²) in [5.41, 5.74) is 2.38. The first-order valence-corrected chi connectivity index (χ1v) is 9.21. The number of hydrogen-bond acceptors (Lipinski definition) is 3. The molecule has 2 N–H and O–H groups in total. The van der Waals surface area contributed by atoms with Gasteiger partial charge in [0.25, 0.3) is 0 Å². The minimum absolute atomic E-state index is 0.186. The lowest BCUT2D eigenvalue weighted by Gasteiger charge is -2.18. The van der Waals surface area contributed by atoms with Crippen molar-refractivity contribution < 1.29 is 9.53 Å². The average molecular weight is 355 g/mol. The lowest BCUT2D eigenvalue weighted by atomic mass is 10.1. The Morgan fingerprint density at radius 3 is 2.23 bits per heavy atom. The molecule has 2 aromatic rings. The summed E-state index contributed by atoms with van der Waals surface area (Å²) in [6, 6.07) is 17.8. The van der Waals surface area contributed by atoms with E-state index in [1.807, 2.05) is 30.3 Å². The van der Waals surface area contributed by atoms with Crippen molar-refractivity contribution in [2.24, 2.45) is 0 Å². The third-order valence-corrected chi connectivity index (χ3v) is 4.18. The van der Waals surface area contributed by atoms with Crippen LogP contribution in [-0.2, 0) is 13.1 Å². The number of nitrogens with one attached hydrogen (secondary N) is 2. The molecule has 140 valence electrons. The van der Waals surface area contributed by atoms with Gasteiger partial charge < -0.3 is 15.4 Å². The highest BCUT2D eigenvalue weighted by molar-refractivity contribution is 5.73. The third kappa shape index (κ3) is 7.15. The average Bonchev–Trinajstić information content (AvgIpc) is 2.69. The molecule has 0 aliphatic rings. The first-order valence-electron chi connectivity index (χ1n) is 9.21. The van der Waals surface area contributed by atoms with Crippen LogP contribution in [0.1, 0.15) is 25.0 Å². The summed E-state index contributed by atoms with van der Waals surface area (Å²) in [6.07, 6.45) is 0. The van der Waals surface area contributed by atoms with E-state index in [-0.39, 0.29) is 6.03 Å². The number of urea groups is 1. The van der Waals surface area contributed by atoms with E-state index in [2.05, 4.69) is 53.6 Å². The highest BCUT2D eigenvalue weighted by atomic mass is 16.5. The number of amides is 2. The second-order valence-electron chi connectivity index (χ2n) is 6.05. The van der Waals surface area contributed by atoms with Crippen LogP contribution >= 0.6 is 0 Å². The summed E-state index contributed by atoms with van der Waals surface area (Å²) >= 11 is 0. The number of nitrogens with zero attached hydrogens (tertiary/aromatic N) is 1. The van der Waals surface area contributed by atoms with Gasteiger partial charge in [-0.15, -0.1) is 0 Å². The first kappa shape index (κ1) is 19.8. The summed E-state index contributed by atoms with van der Waals surface area (Å²) in [5.74, 6) is 0.805. The summed E-state index contributed by atoms with van der Waals surface area (Å²) in [5, 5.41) is 5.66. The molecule has 0 heterocycles. The van der Waals surface area contributed by atoms with Crippen LogP contribution in [0.15, 0.2) is 54.6 Å². The maximum absolute atomic E-state index is 11.8. The molecular formula is C21H29N3O2. The zero-order valence-corrected chi connectivity index (χ0v) is 15.7. The molecule has 0 aromatic heterocycles. The Kier molecular flexibility index (Phi) is 8.49. The zero-order chi connectivity index (χ0) is 18.6. The molecule has 5 heteroatoms. The zero-order valence-electron chi connectivity index (χ0n) is 15.7. The second kappa shape index (κ2) is 11.2. The van der Waals surface area contributed by atoms with Crippen LogP contribution < -0.4 is 15.4 Å². The second-order valence-corrected chi connectivity index (χ2v) is 6.05. The SMILES string of the molecule is CCN(CC)Cc1ccc(CNC(=O)NCCOc2ccccc2)cc1. The fourth-order valence-corrected chi connectivity index (χ4v) is 2.56. The van der Waals surface area contributed by atoms with E-state index < -0.39 is 0 Å². The number of para-hydroxylation sites is 1. The van der Waals surface area contributed by atoms with E-state index in [0.29, 0.717) is 19.7 Å². The van der Waals surface area contributed by atoms with Crippen molar-refractivity contribution in [1.29, 1.82) is 0 Å². The molecule has 0 saturated carbocycles. The highest BCUT2D eigenvalue weighted by Crippen LogP contribution is 2.08. The van der Waals surface area contributed by atoms with Crippen LogP contribution in [0.5, 0.6) is 5.75 Å². The molecule has 0 spiro atoms. The quantitative estimate of drug-likeness (QED) is 0.642. The maximum Gasteiger partial charge on any atom is 0.315 e. The van der Waals surface area contributed by atoms with Gasteiger partial charge in [0.1, 0.15) is 12.4 Å². The molecule has 0 saturated heterocycles. The standard InChI is InChI=1S/C21H29N3O2/c1-3-24(4-2)17-19-12-10-18(11-13-19)16-23-21(25)22-14-15-26-20-8-6-5-7-9-20/h5-13H,3-4,14-17H2,1-2H3,(H2,22,23,25). The number of rotatable bonds is 10. The van der Waals surface area contributed by atoms with Gasteiger partial charge in [0.15, 0.2) is 0 Å². The largest absolute Gasteiger partial charge is 0.492 e. The maximum atomic E-state index is 11.8. The van der Waals surface area contributed by atoms with Gasteiger partial charge in [-0.3, -0.25) is 4.90 Å². The normalized spacial score (nSPS) is 10.6. The molecule has 26 heavy (non-hydrogen) atoms. The molecule has 2 amide bonds. The molecule has 0 unspecified atom stereocenters. The number of hydrogen-bond donors (Lipinski definition) is 2. The van der Waals surface area contributed by atoms with Crippen molar-refractivity contribution in [2.75, 3.05) is 26.2 Å². The lowest BCUT2D eigenvalue weighted by molar-refractivity contribution is 0.236. The van der Waals surface area contributed by atoms with Crippen molar-refractivity contribution in [3.05, 3.63) is 65.7 Å². The van der Waals surface area contributed by atoms with Crippen LogP contribution in [-0.4, -0.2) is 37.2 Å². The van der Waals surface area contributed by atoms with Crippen LogP contribution in [0.4, 0.5) is 4.79 Å². The summed E-state index contributed by atoms with van der Waals surface area (Å²) in [6.45, 7) is 8.82.